The topological polar surface area (TPSA) is 43.4 Å². The Kier molecular flexibility index (Phi) is 4.92. The van der Waals surface area contributed by atoms with Crippen LogP contribution in [0.1, 0.15) is 5.56 Å². The predicted octanol–water partition coefficient (Wildman–Crippen LogP) is 5.53. The molecule has 0 aliphatic rings. The zero-order chi connectivity index (χ0) is 17.1. The number of thiazole rings is 1. The van der Waals surface area contributed by atoms with Crippen LogP contribution in [-0.2, 0) is 0 Å². The highest BCUT2D eigenvalue weighted by Gasteiger charge is 2.11. The van der Waals surface area contributed by atoms with Crippen LogP contribution >= 0.6 is 22.9 Å². The first-order chi connectivity index (χ1) is 11.6. The monoisotopic (exact) mass is 360 g/mol. The van der Waals surface area contributed by atoms with E-state index in [1.807, 2.05) is 48.7 Å². The van der Waals surface area contributed by atoms with E-state index in [9.17, 15) is 0 Å². The van der Waals surface area contributed by atoms with Crippen LogP contribution < -0.4 is 14.8 Å². The van der Waals surface area contributed by atoms with Crippen molar-refractivity contribution < 1.29 is 9.47 Å². The molecule has 0 amide bonds. The summed E-state index contributed by atoms with van der Waals surface area (Å²) in [5.41, 5.74) is 3.72. The molecule has 3 rings (SSSR count). The highest BCUT2D eigenvalue weighted by Crippen LogP contribution is 2.35. The smallest absolute Gasteiger partial charge is 0.187 e. The molecule has 4 nitrogen and oxygen atoms in total. The van der Waals surface area contributed by atoms with E-state index in [0.29, 0.717) is 0 Å². The minimum Gasteiger partial charge on any atom is -0.497 e. The molecule has 0 saturated heterocycles. The summed E-state index contributed by atoms with van der Waals surface area (Å²) < 4.78 is 10.7. The minimum atomic E-state index is 0.726. The first kappa shape index (κ1) is 16.6. The van der Waals surface area contributed by atoms with E-state index in [-0.39, 0.29) is 0 Å². The van der Waals surface area contributed by atoms with Crippen molar-refractivity contribution in [2.75, 3.05) is 19.5 Å². The van der Waals surface area contributed by atoms with E-state index in [4.69, 9.17) is 21.1 Å². The van der Waals surface area contributed by atoms with E-state index in [1.165, 1.54) is 11.3 Å². The molecular weight excluding hydrogens is 344 g/mol. The lowest BCUT2D eigenvalue weighted by molar-refractivity contribution is 0.395. The van der Waals surface area contributed by atoms with Crippen molar-refractivity contribution in [1.82, 2.24) is 4.98 Å². The van der Waals surface area contributed by atoms with Gasteiger partial charge in [-0.3, -0.25) is 0 Å². The predicted molar refractivity (Wildman–Crippen MR) is 100 cm³/mol. The second-order valence-electron chi connectivity index (χ2n) is 5.19. The van der Waals surface area contributed by atoms with Crippen LogP contribution in [0, 0.1) is 6.92 Å². The number of nitrogens with zero attached hydrogens (tertiary/aromatic N) is 1. The van der Waals surface area contributed by atoms with Gasteiger partial charge in [-0.2, -0.15) is 0 Å². The van der Waals surface area contributed by atoms with Crippen molar-refractivity contribution in [2.45, 2.75) is 6.92 Å². The molecule has 124 valence electrons. The summed E-state index contributed by atoms with van der Waals surface area (Å²) in [5, 5.41) is 6.79. The van der Waals surface area contributed by atoms with Gasteiger partial charge < -0.3 is 14.8 Å². The maximum absolute atomic E-state index is 6.16. The number of nitrogens with one attached hydrogen (secondary N) is 1. The standard InChI is InChI=1S/C18H17ClN2O2S/c1-11-4-5-12(8-15(11)19)20-18-21-16(10-24-18)14-7-6-13(22-2)9-17(14)23-3/h4-10H,1-3H3,(H,20,21). The molecule has 2 aromatic carbocycles. The summed E-state index contributed by atoms with van der Waals surface area (Å²) in [6, 6.07) is 11.5. The average molecular weight is 361 g/mol. The molecule has 1 N–H and O–H groups in total. The van der Waals surface area contributed by atoms with Crippen LogP contribution in [0.2, 0.25) is 5.02 Å². The fourth-order valence-corrected chi connectivity index (χ4v) is 3.17. The van der Waals surface area contributed by atoms with Gasteiger partial charge in [0.2, 0.25) is 0 Å². The normalized spacial score (nSPS) is 10.5. The van der Waals surface area contributed by atoms with Crippen molar-refractivity contribution in [3.8, 4) is 22.8 Å². The van der Waals surface area contributed by atoms with Crippen LogP contribution in [-0.4, -0.2) is 19.2 Å². The molecular formula is C18H17ClN2O2S. The number of hydrogen-bond acceptors (Lipinski definition) is 5. The van der Waals surface area contributed by atoms with Gasteiger partial charge in [-0.05, 0) is 36.8 Å². The van der Waals surface area contributed by atoms with E-state index in [1.54, 1.807) is 14.2 Å². The van der Waals surface area contributed by atoms with Gasteiger partial charge >= 0.3 is 0 Å². The van der Waals surface area contributed by atoms with Gasteiger partial charge in [0.05, 0.1) is 19.9 Å². The average Bonchev–Trinajstić information content (AvgIpc) is 3.05. The highest BCUT2D eigenvalue weighted by atomic mass is 35.5. The Labute approximate surface area is 150 Å². The maximum atomic E-state index is 6.16. The molecule has 0 spiro atoms. The van der Waals surface area contributed by atoms with Crippen molar-refractivity contribution >= 4 is 33.8 Å². The molecule has 0 aliphatic heterocycles. The molecule has 0 radical (unpaired) electrons. The summed E-state index contributed by atoms with van der Waals surface area (Å²) in [7, 11) is 3.27. The van der Waals surface area contributed by atoms with E-state index >= 15 is 0 Å². The molecule has 0 atom stereocenters. The number of anilines is 2. The van der Waals surface area contributed by atoms with Gasteiger partial charge in [0.15, 0.2) is 5.13 Å². The Hall–Kier alpha value is -2.24. The van der Waals surface area contributed by atoms with Crippen LogP contribution in [0.5, 0.6) is 11.5 Å². The number of hydrogen-bond donors (Lipinski definition) is 1. The Bertz CT molecular complexity index is 864. The fraction of sp³-hybridized carbons (Fsp3) is 0.167. The quantitative estimate of drug-likeness (QED) is 0.649. The van der Waals surface area contributed by atoms with Crippen molar-refractivity contribution in [3.05, 3.63) is 52.4 Å². The van der Waals surface area contributed by atoms with Crippen LogP contribution in [0.15, 0.2) is 41.8 Å². The first-order valence-corrected chi connectivity index (χ1v) is 8.57. The minimum absolute atomic E-state index is 0.726. The van der Waals surface area contributed by atoms with Crippen molar-refractivity contribution in [2.24, 2.45) is 0 Å². The summed E-state index contributed by atoms with van der Waals surface area (Å²) in [6.07, 6.45) is 0. The third kappa shape index (κ3) is 3.47. The van der Waals surface area contributed by atoms with Gasteiger partial charge in [0.25, 0.3) is 0 Å². The van der Waals surface area contributed by atoms with Gasteiger partial charge in [0, 0.05) is 27.7 Å². The molecule has 0 aliphatic carbocycles. The number of halogens is 1. The number of benzene rings is 2. The first-order valence-electron chi connectivity index (χ1n) is 7.32. The number of methoxy groups -OCH3 is 2. The molecule has 6 heteroatoms. The highest BCUT2D eigenvalue weighted by molar-refractivity contribution is 7.14. The number of aryl methyl sites for hydroxylation is 1. The molecule has 1 aromatic heterocycles. The van der Waals surface area contributed by atoms with Gasteiger partial charge in [-0.25, -0.2) is 4.98 Å². The number of rotatable bonds is 5. The van der Waals surface area contributed by atoms with Gasteiger partial charge in [0.1, 0.15) is 11.5 Å². The Morgan fingerprint density at radius 2 is 1.92 bits per heavy atom. The lowest BCUT2D eigenvalue weighted by Gasteiger charge is -2.08. The third-order valence-electron chi connectivity index (χ3n) is 3.61. The summed E-state index contributed by atoms with van der Waals surface area (Å²) in [5.74, 6) is 1.48. The number of ether oxygens (including phenoxy) is 2. The van der Waals surface area contributed by atoms with Gasteiger partial charge in [-0.1, -0.05) is 17.7 Å². The molecule has 0 unspecified atom stereocenters. The molecule has 3 aromatic rings. The molecule has 1 heterocycles. The summed E-state index contributed by atoms with van der Waals surface area (Å²) in [4.78, 5) is 4.64. The molecule has 0 fully saturated rings. The fourth-order valence-electron chi connectivity index (χ4n) is 2.26. The molecule has 24 heavy (non-hydrogen) atoms. The SMILES string of the molecule is COc1ccc(-c2csc(Nc3ccc(C)c(Cl)c3)n2)c(OC)c1. The Morgan fingerprint density at radius 1 is 1.08 bits per heavy atom. The van der Waals surface area contributed by atoms with Crippen molar-refractivity contribution in [3.63, 3.8) is 0 Å². The zero-order valence-electron chi connectivity index (χ0n) is 13.6. The summed E-state index contributed by atoms with van der Waals surface area (Å²) in [6.45, 7) is 1.98. The molecule has 0 bridgehead atoms. The maximum Gasteiger partial charge on any atom is 0.187 e. The lowest BCUT2D eigenvalue weighted by atomic mass is 10.1. The molecule has 0 saturated carbocycles. The second kappa shape index (κ2) is 7.11. The Balaban J connectivity index is 1.86. The van der Waals surface area contributed by atoms with Crippen LogP contribution in [0.4, 0.5) is 10.8 Å². The van der Waals surface area contributed by atoms with Crippen LogP contribution in [0.3, 0.4) is 0 Å². The van der Waals surface area contributed by atoms with Crippen LogP contribution in [0.25, 0.3) is 11.3 Å². The lowest BCUT2D eigenvalue weighted by Crippen LogP contribution is -1.92. The Morgan fingerprint density at radius 3 is 2.62 bits per heavy atom. The van der Waals surface area contributed by atoms with E-state index in [2.05, 4.69) is 10.3 Å². The third-order valence-corrected chi connectivity index (χ3v) is 4.78. The van der Waals surface area contributed by atoms with E-state index in [0.717, 1.165) is 44.2 Å². The second-order valence-corrected chi connectivity index (χ2v) is 6.46. The van der Waals surface area contributed by atoms with Crippen molar-refractivity contribution in [1.29, 1.82) is 0 Å². The zero-order valence-corrected chi connectivity index (χ0v) is 15.2. The number of aromatic nitrogens is 1. The van der Waals surface area contributed by atoms with E-state index < -0.39 is 0 Å². The van der Waals surface area contributed by atoms with Gasteiger partial charge in [-0.15, -0.1) is 11.3 Å². The summed E-state index contributed by atoms with van der Waals surface area (Å²) >= 11 is 7.69. The largest absolute Gasteiger partial charge is 0.497 e.